The van der Waals surface area contributed by atoms with Gasteiger partial charge in [0.15, 0.2) is 0 Å². The largest absolute Gasteiger partial charge is 0.329 e. The summed E-state index contributed by atoms with van der Waals surface area (Å²) >= 11 is 6.03. The molecule has 0 fully saturated rings. The van der Waals surface area contributed by atoms with Gasteiger partial charge in [-0.2, -0.15) is 0 Å². The number of halogens is 3. The standard InChI is InChI=1S/C30H22ClF2N3O3S/c31-26-9-3-4-10-28(26)40(38,39)36-30(37)35-27(16-19-14-23(32)18-24(33)15-19)29-25(8-5-13-34-29)22-12-11-20-6-1-2-7-21(20)17-22/h1-15,17-18,27H,16H2,(H2,35,36,37)/t27-/m1/s1. The fourth-order valence-electron chi connectivity index (χ4n) is 4.50. The van der Waals surface area contributed by atoms with E-state index in [1.54, 1.807) is 12.1 Å². The summed E-state index contributed by atoms with van der Waals surface area (Å²) in [5.41, 5.74) is 2.08. The van der Waals surface area contributed by atoms with Crippen LogP contribution in [0.5, 0.6) is 0 Å². The van der Waals surface area contributed by atoms with Gasteiger partial charge in [0, 0.05) is 17.8 Å². The molecule has 1 heterocycles. The fraction of sp³-hybridized carbons (Fsp3) is 0.0667. The number of aromatic nitrogens is 1. The van der Waals surface area contributed by atoms with Crippen molar-refractivity contribution in [3.63, 3.8) is 0 Å². The second-order valence-corrected chi connectivity index (χ2v) is 11.1. The van der Waals surface area contributed by atoms with E-state index in [-0.39, 0.29) is 21.9 Å². The summed E-state index contributed by atoms with van der Waals surface area (Å²) in [6.07, 6.45) is 1.45. The Morgan fingerprint density at radius 1 is 0.850 bits per heavy atom. The number of carbonyl (C=O) groups is 1. The van der Waals surface area contributed by atoms with E-state index in [4.69, 9.17) is 11.6 Å². The number of sulfonamides is 1. The molecular formula is C30H22ClF2N3O3S. The van der Waals surface area contributed by atoms with E-state index < -0.39 is 33.7 Å². The van der Waals surface area contributed by atoms with Crippen molar-refractivity contribution in [2.75, 3.05) is 0 Å². The number of benzene rings is 4. The molecule has 40 heavy (non-hydrogen) atoms. The Balaban J connectivity index is 1.53. The molecule has 1 atom stereocenters. The normalized spacial score (nSPS) is 12.2. The summed E-state index contributed by atoms with van der Waals surface area (Å²) in [6, 6.07) is 23.9. The van der Waals surface area contributed by atoms with Crippen molar-refractivity contribution in [1.29, 1.82) is 0 Å². The van der Waals surface area contributed by atoms with E-state index in [2.05, 4.69) is 10.3 Å². The number of carbonyl (C=O) groups excluding carboxylic acids is 1. The Kier molecular flexibility index (Phi) is 7.77. The highest BCUT2D eigenvalue weighted by Crippen LogP contribution is 2.31. The average Bonchev–Trinajstić information content (AvgIpc) is 2.92. The van der Waals surface area contributed by atoms with Gasteiger partial charge in [0.2, 0.25) is 0 Å². The zero-order valence-electron chi connectivity index (χ0n) is 20.8. The molecule has 0 aliphatic heterocycles. The number of nitrogens with zero attached hydrogens (tertiary/aromatic N) is 1. The van der Waals surface area contributed by atoms with Crippen LogP contribution < -0.4 is 10.0 Å². The number of nitrogens with one attached hydrogen (secondary N) is 2. The van der Waals surface area contributed by atoms with Crippen molar-refractivity contribution in [1.82, 2.24) is 15.0 Å². The quantitative estimate of drug-likeness (QED) is 0.222. The number of fused-ring (bicyclic) bond motifs is 1. The Labute approximate surface area is 234 Å². The maximum absolute atomic E-state index is 14.0. The molecule has 5 rings (SSSR count). The van der Waals surface area contributed by atoms with Crippen LogP contribution in [0.2, 0.25) is 5.02 Å². The summed E-state index contributed by atoms with van der Waals surface area (Å²) in [4.78, 5) is 17.3. The van der Waals surface area contributed by atoms with Crippen LogP contribution >= 0.6 is 11.6 Å². The molecule has 0 spiro atoms. The molecule has 4 aromatic carbocycles. The molecule has 2 amide bonds. The lowest BCUT2D eigenvalue weighted by Gasteiger charge is -2.22. The molecule has 0 saturated carbocycles. The number of hydrogen-bond donors (Lipinski definition) is 2. The minimum atomic E-state index is -4.33. The van der Waals surface area contributed by atoms with Crippen LogP contribution in [0.15, 0.2) is 108 Å². The van der Waals surface area contributed by atoms with Gasteiger partial charge in [-0.3, -0.25) is 4.98 Å². The first-order valence-electron chi connectivity index (χ1n) is 12.2. The van der Waals surface area contributed by atoms with Crippen molar-refractivity contribution >= 4 is 38.4 Å². The molecular weight excluding hydrogens is 556 g/mol. The molecule has 2 N–H and O–H groups in total. The van der Waals surface area contributed by atoms with Gasteiger partial charge in [-0.1, -0.05) is 66.2 Å². The second kappa shape index (κ2) is 11.4. The number of amides is 2. The first-order valence-corrected chi connectivity index (χ1v) is 14.0. The predicted octanol–water partition coefficient (Wildman–Crippen LogP) is 6.81. The monoisotopic (exact) mass is 577 g/mol. The van der Waals surface area contributed by atoms with Crippen LogP contribution in [-0.2, 0) is 16.4 Å². The molecule has 1 aromatic heterocycles. The first-order chi connectivity index (χ1) is 19.2. The van der Waals surface area contributed by atoms with Gasteiger partial charge in [-0.15, -0.1) is 0 Å². The predicted molar refractivity (Wildman–Crippen MR) is 150 cm³/mol. The Hall–Kier alpha value is -4.34. The van der Waals surface area contributed by atoms with Gasteiger partial charge in [0.05, 0.1) is 16.8 Å². The lowest BCUT2D eigenvalue weighted by atomic mass is 9.94. The van der Waals surface area contributed by atoms with Crippen molar-refractivity contribution < 1.29 is 22.0 Å². The Bertz CT molecular complexity index is 1810. The first kappa shape index (κ1) is 27.2. The molecule has 0 aliphatic carbocycles. The summed E-state index contributed by atoms with van der Waals surface area (Å²) in [6.45, 7) is 0. The summed E-state index contributed by atoms with van der Waals surface area (Å²) in [5.74, 6) is -1.56. The van der Waals surface area contributed by atoms with Gasteiger partial charge in [-0.25, -0.2) is 26.7 Å². The minimum Gasteiger partial charge on any atom is -0.329 e. The SMILES string of the molecule is O=C(N[C@H](Cc1cc(F)cc(F)c1)c1ncccc1-c1ccc2ccccc2c1)NS(=O)(=O)c1ccccc1Cl. The van der Waals surface area contributed by atoms with E-state index in [0.717, 1.165) is 34.5 Å². The lowest BCUT2D eigenvalue weighted by Crippen LogP contribution is -2.42. The van der Waals surface area contributed by atoms with Crippen LogP contribution in [0.4, 0.5) is 13.6 Å². The molecule has 202 valence electrons. The van der Waals surface area contributed by atoms with Crippen molar-refractivity contribution in [2.45, 2.75) is 17.4 Å². The van der Waals surface area contributed by atoms with E-state index in [1.165, 1.54) is 24.4 Å². The maximum atomic E-state index is 14.0. The molecule has 6 nitrogen and oxygen atoms in total. The molecule has 0 saturated heterocycles. The van der Waals surface area contributed by atoms with Crippen LogP contribution in [0, 0.1) is 11.6 Å². The third kappa shape index (κ3) is 6.11. The fourth-order valence-corrected chi connectivity index (χ4v) is 5.94. The van der Waals surface area contributed by atoms with Crippen molar-refractivity contribution in [2.24, 2.45) is 0 Å². The summed E-state index contributed by atoms with van der Waals surface area (Å²) in [5, 5.41) is 4.59. The second-order valence-electron chi connectivity index (χ2n) is 9.04. The average molecular weight is 578 g/mol. The van der Waals surface area contributed by atoms with Gasteiger partial charge >= 0.3 is 6.03 Å². The number of urea groups is 1. The highest BCUT2D eigenvalue weighted by molar-refractivity contribution is 7.90. The zero-order chi connectivity index (χ0) is 28.3. The van der Waals surface area contributed by atoms with E-state index in [9.17, 15) is 22.0 Å². The van der Waals surface area contributed by atoms with Crippen LogP contribution in [-0.4, -0.2) is 19.4 Å². The van der Waals surface area contributed by atoms with Gasteiger partial charge in [0.25, 0.3) is 10.0 Å². The van der Waals surface area contributed by atoms with E-state index in [1.807, 2.05) is 53.3 Å². The highest BCUT2D eigenvalue weighted by Gasteiger charge is 2.25. The van der Waals surface area contributed by atoms with Crippen molar-refractivity contribution in [3.05, 3.63) is 131 Å². The minimum absolute atomic E-state index is 0.0575. The van der Waals surface area contributed by atoms with E-state index in [0.29, 0.717) is 11.3 Å². The third-order valence-corrected chi connectivity index (χ3v) is 8.08. The third-order valence-electron chi connectivity index (χ3n) is 6.25. The Morgan fingerprint density at radius 3 is 2.30 bits per heavy atom. The van der Waals surface area contributed by atoms with E-state index >= 15 is 0 Å². The molecule has 0 bridgehead atoms. The number of pyridine rings is 1. The summed E-state index contributed by atoms with van der Waals surface area (Å²) in [7, 11) is -4.33. The Morgan fingerprint density at radius 2 is 1.55 bits per heavy atom. The van der Waals surface area contributed by atoms with Crippen molar-refractivity contribution in [3.8, 4) is 11.1 Å². The maximum Gasteiger partial charge on any atom is 0.329 e. The molecule has 0 unspecified atom stereocenters. The van der Waals surface area contributed by atoms with Gasteiger partial charge in [0.1, 0.15) is 16.5 Å². The van der Waals surface area contributed by atoms with Gasteiger partial charge in [-0.05, 0) is 64.7 Å². The van der Waals surface area contributed by atoms with Crippen LogP contribution in [0.3, 0.4) is 0 Å². The molecule has 0 radical (unpaired) electrons. The number of rotatable bonds is 7. The van der Waals surface area contributed by atoms with Crippen LogP contribution in [0.25, 0.3) is 21.9 Å². The molecule has 10 heteroatoms. The number of hydrogen-bond acceptors (Lipinski definition) is 4. The summed E-state index contributed by atoms with van der Waals surface area (Å²) < 4.78 is 55.8. The van der Waals surface area contributed by atoms with Crippen LogP contribution in [0.1, 0.15) is 17.3 Å². The molecule has 5 aromatic rings. The van der Waals surface area contributed by atoms with Gasteiger partial charge < -0.3 is 5.32 Å². The molecule has 0 aliphatic rings. The zero-order valence-corrected chi connectivity index (χ0v) is 22.4. The highest BCUT2D eigenvalue weighted by atomic mass is 35.5. The smallest absolute Gasteiger partial charge is 0.329 e. The topological polar surface area (TPSA) is 88.2 Å². The lowest BCUT2D eigenvalue weighted by molar-refractivity contribution is 0.242.